The van der Waals surface area contributed by atoms with Crippen LogP contribution in [0.15, 0.2) is 65.9 Å². The maximum Gasteiger partial charge on any atom is 0.336 e. The molecule has 0 aromatic heterocycles. The molecule has 0 aliphatic carbocycles. The third-order valence-electron chi connectivity index (χ3n) is 5.84. The van der Waals surface area contributed by atoms with Crippen molar-refractivity contribution in [2.75, 3.05) is 7.11 Å². The molecule has 33 heavy (non-hydrogen) atoms. The van der Waals surface area contributed by atoms with Gasteiger partial charge in [-0.25, -0.2) is 4.79 Å². The molecule has 0 saturated carbocycles. The number of carbonyl (C=O) groups excluding carboxylic acids is 2. The van der Waals surface area contributed by atoms with Crippen molar-refractivity contribution in [1.29, 1.82) is 0 Å². The molecule has 1 saturated heterocycles. The Bertz CT molecular complexity index is 1090. The molecule has 9 nitrogen and oxygen atoms in total. The highest BCUT2D eigenvalue weighted by Gasteiger charge is 2.48. The summed E-state index contributed by atoms with van der Waals surface area (Å²) < 4.78 is 5.00. The average Bonchev–Trinajstić information content (AvgIpc) is 2.82. The number of rotatable bonds is 6. The van der Waals surface area contributed by atoms with E-state index in [2.05, 4.69) is 16.0 Å². The van der Waals surface area contributed by atoms with Crippen molar-refractivity contribution in [3.05, 3.63) is 87.1 Å². The number of ether oxygens (including phenoxy) is 1. The predicted octanol–water partition coefficient (Wildman–Crippen LogP) is 2.61. The second-order valence-electron chi connectivity index (χ2n) is 7.86. The maximum atomic E-state index is 13.3. The molecular weight excluding hydrogens is 444 g/mol. The van der Waals surface area contributed by atoms with Gasteiger partial charge >= 0.3 is 5.97 Å². The number of fused-ring (bicyclic) bond motifs is 1. The smallest absolute Gasteiger partial charge is 0.336 e. The van der Waals surface area contributed by atoms with Crippen molar-refractivity contribution in [2.45, 2.75) is 30.3 Å². The third kappa shape index (κ3) is 4.71. The molecule has 4 atom stereocenters. The molecule has 2 aliphatic heterocycles. The summed E-state index contributed by atoms with van der Waals surface area (Å²) in [7, 11) is 1.29. The van der Waals surface area contributed by atoms with Crippen molar-refractivity contribution >= 4 is 29.3 Å². The van der Waals surface area contributed by atoms with Gasteiger partial charge in [0.05, 0.1) is 29.7 Å². The second kappa shape index (κ2) is 9.63. The van der Waals surface area contributed by atoms with Crippen LogP contribution in [0.3, 0.4) is 0 Å². The van der Waals surface area contributed by atoms with Gasteiger partial charge in [0, 0.05) is 29.5 Å². The molecule has 4 rings (SSSR count). The number of nitrogens with one attached hydrogen (secondary N) is 3. The van der Waals surface area contributed by atoms with E-state index in [1.54, 1.807) is 30.8 Å². The number of allylic oxidation sites excluding steroid dienone is 1. The number of benzene rings is 2. The van der Waals surface area contributed by atoms with Gasteiger partial charge < -0.3 is 15.4 Å². The molecule has 2 heterocycles. The Balaban J connectivity index is 1.62. The van der Waals surface area contributed by atoms with E-state index >= 15 is 0 Å². The quantitative estimate of drug-likeness (QED) is 0.336. The first-order chi connectivity index (χ1) is 15.9. The molecule has 172 valence electrons. The predicted molar refractivity (Wildman–Crippen MR) is 124 cm³/mol. The van der Waals surface area contributed by atoms with Crippen LogP contribution in [0.4, 0.5) is 5.69 Å². The number of nitro groups is 1. The Morgan fingerprint density at radius 3 is 2.45 bits per heavy atom. The zero-order valence-corrected chi connectivity index (χ0v) is 18.9. The Morgan fingerprint density at radius 2 is 1.82 bits per heavy atom. The Morgan fingerprint density at radius 1 is 1.12 bits per heavy atom. The number of carbonyl (C=O) groups is 2. The first kappa shape index (κ1) is 22.8. The molecule has 10 heteroatoms. The van der Waals surface area contributed by atoms with Crippen molar-refractivity contribution < 1.29 is 19.2 Å². The van der Waals surface area contributed by atoms with Gasteiger partial charge in [-0.1, -0.05) is 42.5 Å². The summed E-state index contributed by atoms with van der Waals surface area (Å²) in [5, 5.41) is 20.7. The summed E-state index contributed by atoms with van der Waals surface area (Å²) in [6.45, 7) is 1.77. The van der Waals surface area contributed by atoms with E-state index < -0.39 is 28.9 Å². The molecule has 2 aromatic carbocycles. The summed E-state index contributed by atoms with van der Waals surface area (Å²) in [6.07, 6.45) is -0.430. The van der Waals surface area contributed by atoms with Crippen LogP contribution in [0.2, 0.25) is 0 Å². The van der Waals surface area contributed by atoms with Gasteiger partial charge in [0.25, 0.3) is 5.69 Å². The maximum absolute atomic E-state index is 13.3. The van der Waals surface area contributed by atoms with E-state index in [1.807, 2.05) is 30.3 Å². The van der Waals surface area contributed by atoms with Crippen LogP contribution in [0.1, 0.15) is 24.0 Å². The fourth-order valence-corrected chi connectivity index (χ4v) is 5.29. The van der Waals surface area contributed by atoms with E-state index in [1.165, 1.54) is 19.2 Å². The Kier molecular flexibility index (Phi) is 6.66. The van der Waals surface area contributed by atoms with Gasteiger partial charge in [0.2, 0.25) is 5.91 Å². The second-order valence-corrected chi connectivity index (χ2v) is 8.95. The largest absolute Gasteiger partial charge is 0.466 e. The normalized spacial score (nSPS) is 24.4. The summed E-state index contributed by atoms with van der Waals surface area (Å²) >= 11 is 1.56. The summed E-state index contributed by atoms with van der Waals surface area (Å²) in [4.78, 5) is 36.5. The minimum atomic E-state index is -0.655. The number of nitrogens with zero attached hydrogens (tertiary/aromatic N) is 1. The minimum Gasteiger partial charge on any atom is -0.466 e. The van der Waals surface area contributed by atoms with E-state index in [-0.39, 0.29) is 17.1 Å². The van der Waals surface area contributed by atoms with Gasteiger partial charge in [-0.2, -0.15) is 0 Å². The molecule has 4 unspecified atom stereocenters. The van der Waals surface area contributed by atoms with Crippen LogP contribution < -0.4 is 16.0 Å². The van der Waals surface area contributed by atoms with Crippen LogP contribution in [0.5, 0.6) is 0 Å². The van der Waals surface area contributed by atoms with Crippen molar-refractivity contribution in [3.8, 4) is 0 Å². The number of hydrogen-bond donors (Lipinski definition) is 3. The third-order valence-corrected chi connectivity index (χ3v) is 6.93. The molecule has 0 spiro atoms. The average molecular weight is 469 g/mol. The number of esters is 1. The van der Waals surface area contributed by atoms with Crippen molar-refractivity contribution in [2.24, 2.45) is 5.92 Å². The zero-order chi connectivity index (χ0) is 23.5. The lowest BCUT2D eigenvalue weighted by Gasteiger charge is -2.45. The van der Waals surface area contributed by atoms with E-state index in [9.17, 15) is 19.7 Å². The lowest BCUT2D eigenvalue weighted by atomic mass is 9.74. The first-order valence-electron chi connectivity index (χ1n) is 10.4. The molecule has 2 aromatic rings. The van der Waals surface area contributed by atoms with Gasteiger partial charge in [0.15, 0.2) is 0 Å². The molecule has 1 amide bonds. The number of thioether (sulfide) groups is 1. The van der Waals surface area contributed by atoms with Gasteiger partial charge in [-0.05, 0) is 18.1 Å². The fourth-order valence-electron chi connectivity index (χ4n) is 4.30. The number of nitro benzene ring substituents is 1. The lowest BCUT2D eigenvalue weighted by Crippen LogP contribution is -2.67. The highest BCUT2D eigenvalue weighted by atomic mass is 32.2. The number of hydrogen-bond acceptors (Lipinski definition) is 8. The number of methoxy groups -OCH3 is 1. The van der Waals surface area contributed by atoms with Crippen LogP contribution in [0, 0.1) is 16.0 Å². The van der Waals surface area contributed by atoms with Gasteiger partial charge in [-0.3, -0.25) is 20.2 Å². The van der Waals surface area contributed by atoms with Crippen LogP contribution in [-0.4, -0.2) is 35.6 Å². The minimum absolute atomic E-state index is 0.0619. The summed E-state index contributed by atoms with van der Waals surface area (Å²) in [5.74, 6) is -1.33. The monoisotopic (exact) mass is 468 g/mol. The molecule has 0 radical (unpaired) electrons. The number of non-ortho nitro benzene ring substituents is 1. The van der Waals surface area contributed by atoms with Crippen LogP contribution in [-0.2, 0) is 20.1 Å². The van der Waals surface area contributed by atoms with Crippen molar-refractivity contribution in [3.63, 3.8) is 0 Å². The molecule has 1 fully saturated rings. The standard InChI is InChI=1S/C23H24N4O5S/c1-13-17(22(29)32-2)18(15-8-10-16(11-9-15)27(30)31)19-20(24-13)25-23(26-21(19)28)33-12-14-6-4-3-5-7-14/h3-11,18-20,23-25H,12H2,1-2H3,(H,26,28). The van der Waals surface area contributed by atoms with E-state index in [0.717, 1.165) is 5.56 Å². The summed E-state index contributed by atoms with van der Waals surface area (Å²) in [5.41, 5.74) is 2.32. The highest BCUT2D eigenvalue weighted by Crippen LogP contribution is 2.41. The molecule has 0 bridgehead atoms. The van der Waals surface area contributed by atoms with Gasteiger partial charge in [-0.15, -0.1) is 11.8 Å². The van der Waals surface area contributed by atoms with Crippen LogP contribution in [0.25, 0.3) is 0 Å². The highest BCUT2D eigenvalue weighted by molar-refractivity contribution is 7.99. The SMILES string of the molecule is COC(=O)C1=C(C)NC2NC(SCc3ccccc3)NC(=O)C2C1c1ccc([N+](=O)[O-])cc1. The lowest BCUT2D eigenvalue weighted by molar-refractivity contribution is -0.384. The van der Waals surface area contributed by atoms with Gasteiger partial charge in [0.1, 0.15) is 5.50 Å². The molecular formula is C23H24N4O5S. The Hall–Kier alpha value is -3.37. The van der Waals surface area contributed by atoms with Crippen molar-refractivity contribution in [1.82, 2.24) is 16.0 Å². The Labute approximate surface area is 195 Å². The van der Waals surface area contributed by atoms with Crippen LogP contribution >= 0.6 is 11.8 Å². The topological polar surface area (TPSA) is 123 Å². The fraction of sp³-hybridized carbons (Fsp3) is 0.304. The molecule has 2 aliphatic rings. The summed E-state index contributed by atoms with van der Waals surface area (Å²) in [6, 6.07) is 15.9. The zero-order valence-electron chi connectivity index (χ0n) is 18.1. The van der Waals surface area contributed by atoms with E-state index in [0.29, 0.717) is 22.6 Å². The first-order valence-corrected chi connectivity index (χ1v) is 11.5. The van der Waals surface area contributed by atoms with E-state index in [4.69, 9.17) is 4.74 Å². The number of amides is 1. The molecule has 3 N–H and O–H groups in total.